The van der Waals surface area contributed by atoms with Crippen LogP contribution in [0.25, 0.3) is 0 Å². The maximum atomic E-state index is 6.05. The summed E-state index contributed by atoms with van der Waals surface area (Å²) in [6, 6.07) is 1.16. The molecule has 0 bridgehead atoms. The van der Waals surface area contributed by atoms with Gasteiger partial charge in [-0.2, -0.15) is 0 Å². The Balaban J connectivity index is 2.35. The fraction of sp³-hybridized carbons (Fsp3) is 1.00. The molecule has 20 heavy (non-hydrogen) atoms. The lowest BCUT2D eigenvalue weighted by molar-refractivity contribution is -0.0565. The SMILES string of the molecule is CCCCCCCC(NCC)C1CN(C(C)C)CCO1. The Labute approximate surface area is 126 Å². The van der Waals surface area contributed by atoms with Gasteiger partial charge in [-0.3, -0.25) is 4.90 Å². The number of hydrogen-bond acceptors (Lipinski definition) is 3. The summed E-state index contributed by atoms with van der Waals surface area (Å²) in [6.45, 7) is 13.2. The average Bonchev–Trinajstić information content (AvgIpc) is 2.46. The number of hydrogen-bond donors (Lipinski definition) is 1. The normalized spacial score (nSPS) is 22.4. The molecule has 0 aromatic carbocycles. The lowest BCUT2D eigenvalue weighted by atomic mass is 10.0. The molecule has 0 amide bonds. The Morgan fingerprint density at radius 1 is 1.15 bits per heavy atom. The van der Waals surface area contributed by atoms with Gasteiger partial charge in [0, 0.05) is 25.2 Å². The summed E-state index contributed by atoms with van der Waals surface area (Å²) in [6.07, 6.45) is 8.43. The fourth-order valence-electron chi connectivity index (χ4n) is 3.06. The van der Waals surface area contributed by atoms with E-state index in [1.165, 1.54) is 38.5 Å². The van der Waals surface area contributed by atoms with E-state index in [1.54, 1.807) is 0 Å². The highest BCUT2D eigenvalue weighted by atomic mass is 16.5. The molecule has 1 N–H and O–H groups in total. The van der Waals surface area contributed by atoms with Crippen LogP contribution in [0, 0.1) is 0 Å². The minimum absolute atomic E-state index is 0.372. The van der Waals surface area contributed by atoms with E-state index in [9.17, 15) is 0 Å². The Morgan fingerprint density at radius 2 is 1.90 bits per heavy atom. The van der Waals surface area contributed by atoms with Crippen molar-refractivity contribution in [3.63, 3.8) is 0 Å². The lowest BCUT2D eigenvalue weighted by Crippen LogP contribution is -2.53. The van der Waals surface area contributed by atoms with E-state index in [1.807, 2.05) is 0 Å². The molecule has 0 aliphatic carbocycles. The molecular formula is C17H36N2O. The van der Waals surface area contributed by atoms with Gasteiger partial charge in [0.15, 0.2) is 0 Å². The van der Waals surface area contributed by atoms with Gasteiger partial charge in [-0.15, -0.1) is 0 Å². The molecule has 0 radical (unpaired) electrons. The number of likely N-dealkylation sites (N-methyl/N-ethyl adjacent to an activating group) is 1. The van der Waals surface area contributed by atoms with Crippen molar-refractivity contribution >= 4 is 0 Å². The Kier molecular flexibility index (Phi) is 9.49. The topological polar surface area (TPSA) is 24.5 Å². The van der Waals surface area contributed by atoms with Gasteiger partial charge in [0.1, 0.15) is 0 Å². The first-order valence-electron chi connectivity index (χ1n) is 8.78. The first-order chi connectivity index (χ1) is 9.69. The van der Waals surface area contributed by atoms with E-state index in [0.717, 1.165) is 26.2 Å². The lowest BCUT2D eigenvalue weighted by Gasteiger charge is -2.39. The van der Waals surface area contributed by atoms with E-state index >= 15 is 0 Å². The Hall–Kier alpha value is -0.120. The van der Waals surface area contributed by atoms with Gasteiger partial charge >= 0.3 is 0 Å². The predicted octanol–water partition coefficient (Wildman–Crippen LogP) is 3.43. The maximum Gasteiger partial charge on any atom is 0.0855 e. The molecule has 120 valence electrons. The first kappa shape index (κ1) is 17.9. The van der Waals surface area contributed by atoms with Crippen molar-refractivity contribution < 1.29 is 4.74 Å². The molecule has 3 nitrogen and oxygen atoms in total. The summed E-state index contributed by atoms with van der Waals surface area (Å²) in [4.78, 5) is 2.55. The van der Waals surface area contributed by atoms with Gasteiger partial charge in [0.05, 0.1) is 12.7 Å². The second kappa shape index (κ2) is 10.6. The highest BCUT2D eigenvalue weighted by molar-refractivity contribution is 4.84. The standard InChI is InChI=1S/C17H36N2O/c1-5-7-8-9-10-11-16(18-6-2)17-14-19(15(3)4)12-13-20-17/h15-18H,5-14H2,1-4H3. The number of ether oxygens (including phenoxy) is 1. The van der Waals surface area contributed by atoms with Crippen molar-refractivity contribution in [1.82, 2.24) is 10.2 Å². The second-order valence-electron chi connectivity index (χ2n) is 6.36. The van der Waals surface area contributed by atoms with Crippen LogP contribution in [0.5, 0.6) is 0 Å². The molecule has 1 heterocycles. The summed E-state index contributed by atoms with van der Waals surface area (Å²) < 4.78 is 6.05. The van der Waals surface area contributed by atoms with E-state index in [2.05, 4.69) is 37.9 Å². The van der Waals surface area contributed by atoms with Crippen molar-refractivity contribution in [2.75, 3.05) is 26.2 Å². The fourth-order valence-corrected chi connectivity index (χ4v) is 3.06. The van der Waals surface area contributed by atoms with Crippen LogP contribution in [-0.2, 0) is 4.74 Å². The highest BCUT2D eigenvalue weighted by Crippen LogP contribution is 2.16. The zero-order chi connectivity index (χ0) is 14.8. The minimum atomic E-state index is 0.372. The molecule has 1 fully saturated rings. The quantitative estimate of drug-likeness (QED) is 0.622. The third-order valence-corrected chi connectivity index (χ3v) is 4.39. The largest absolute Gasteiger partial charge is 0.374 e. The second-order valence-corrected chi connectivity index (χ2v) is 6.36. The number of nitrogens with zero attached hydrogens (tertiary/aromatic N) is 1. The van der Waals surface area contributed by atoms with Crippen molar-refractivity contribution in [2.45, 2.75) is 84.4 Å². The number of rotatable bonds is 10. The summed E-state index contributed by atoms with van der Waals surface area (Å²) in [5.74, 6) is 0. The Morgan fingerprint density at radius 3 is 2.55 bits per heavy atom. The van der Waals surface area contributed by atoms with Gasteiger partial charge in [0.2, 0.25) is 0 Å². The molecule has 0 saturated carbocycles. The van der Waals surface area contributed by atoms with Gasteiger partial charge in [-0.25, -0.2) is 0 Å². The molecule has 0 aromatic heterocycles. The summed E-state index contributed by atoms with van der Waals surface area (Å²) >= 11 is 0. The zero-order valence-corrected chi connectivity index (χ0v) is 14.2. The third-order valence-electron chi connectivity index (χ3n) is 4.39. The summed E-state index contributed by atoms with van der Waals surface area (Å²) in [5.41, 5.74) is 0. The highest BCUT2D eigenvalue weighted by Gasteiger charge is 2.28. The van der Waals surface area contributed by atoms with E-state index < -0.39 is 0 Å². The van der Waals surface area contributed by atoms with Crippen LogP contribution < -0.4 is 5.32 Å². The van der Waals surface area contributed by atoms with Crippen molar-refractivity contribution in [2.24, 2.45) is 0 Å². The van der Waals surface area contributed by atoms with Gasteiger partial charge in [0.25, 0.3) is 0 Å². The van der Waals surface area contributed by atoms with Gasteiger partial charge in [-0.05, 0) is 26.8 Å². The maximum absolute atomic E-state index is 6.05. The molecule has 1 saturated heterocycles. The number of nitrogens with one attached hydrogen (secondary N) is 1. The van der Waals surface area contributed by atoms with Crippen LogP contribution in [-0.4, -0.2) is 49.3 Å². The van der Waals surface area contributed by atoms with Crippen LogP contribution >= 0.6 is 0 Å². The minimum Gasteiger partial charge on any atom is -0.374 e. The number of unbranched alkanes of at least 4 members (excludes halogenated alkanes) is 4. The molecular weight excluding hydrogens is 248 g/mol. The van der Waals surface area contributed by atoms with E-state index in [0.29, 0.717) is 18.2 Å². The van der Waals surface area contributed by atoms with Gasteiger partial charge < -0.3 is 10.1 Å². The van der Waals surface area contributed by atoms with Crippen LogP contribution in [0.4, 0.5) is 0 Å². The Bertz CT molecular complexity index is 233. The predicted molar refractivity (Wildman–Crippen MR) is 87.3 cm³/mol. The summed E-state index contributed by atoms with van der Waals surface area (Å²) in [7, 11) is 0. The first-order valence-corrected chi connectivity index (χ1v) is 8.78. The van der Waals surface area contributed by atoms with Crippen molar-refractivity contribution in [3.8, 4) is 0 Å². The molecule has 1 aliphatic heterocycles. The molecule has 0 spiro atoms. The van der Waals surface area contributed by atoms with Crippen molar-refractivity contribution in [1.29, 1.82) is 0 Å². The average molecular weight is 284 g/mol. The van der Waals surface area contributed by atoms with Crippen LogP contribution in [0.1, 0.15) is 66.2 Å². The zero-order valence-electron chi connectivity index (χ0n) is 14.2. The van der Waals surface area contributed by atoms with Crippen LogP contribution in [0.15, 0.2) is 0 Å². The van der Waals surface area contributed by atoms with Crippen molar-refractivity contribution in [3.05, 3.63) is 0 Å². The molecule has 0 aromatic rings. The third kappa shape index (κ3) is 6.55. The molecule has 2 unspecified atom stereocenters. The molecule has 2 atom stereocenters. The molecule has 1 aliphatic rings. The molecule has 1 rings (SSSR count). The van der Waals surface area contributed by atoms with Gasteiger partial charge in [-0.1, -0.05) is 46.0 Å². The molecule has 3 heteroatoms. The van der Waals surface area contributed by atoms with Crippen LogP contribution in [0.3, 0.4) is 0 Å². The van der Waals surface area contributed by atoms with E-state index in [-0.39, 0.29) is 0 Å². The summed E-state index contributed by atoms with van der Waals surface area (Å²) in [5, 5.41) is 3.65. The van der Waals surface area contributed by atoms with Crippen LogP contribution in [0.2, 0.25) is 0 Å². The van der Waals surface area contributed by atoms with E-state index in [4.69, 9.17) is 4.74 Å². The monoisotopic (exact) mass is 284 g/mol. The number of morpholine rings is 1. The smallest absolute Gasteiger partial charge is 0.0855 e.